The van der Waals surface area contributed by atoms with Gasteiger partial charge in [0.25, 0.3) is 0 Å². The molecule has 0 aromatic carbocycles. The number of nitriles is 4. The van der Waals surface area contributed by atoms with Gasteiger partial charge in [0.05, 0.1) is 0 Å². The van der Waals surface area contributed by atoms with Gasteiger partial charge in [-0.2, -0.15) is 21.0 Å². The number of hydrogen-bond acceptors (Lipinski definition) is 4. The van der Waals surface area contributed by atoms with E-state index in [4.69, 9.17) is 21.0 Å². The molecule has 0 amide bonds. The van der Waals surface area contributed by atoms with Crippen molar-refractivity contribution in [2.45, 2.75) is 0 Å². The molecule has 0 fully saturated rings. The van der Waals surface area contributed by atoms with Crippen molar-refractivity contribution in [3.05, 3.63) is 11.1 Å². The van der Waals surface area contributed by atoms with Gasteiger partial charge < -0.3 is 0 Å². The Labute approximate surface area is 85.9 Å². The Morgan fingerprint density at radius 3 is 0.909 bits per heavy atom. The fourth-order valence-electron chi connectivity index (χ4n) is 0.274. The average molecular weight is 152 g/mol. The number of nitrogens with zero attached hydrogens (tertiary/aromatic N) is 4. The van der Waals surface area contributed by atoms with Gasteiger partial charge in [0, 0.05) is 0 Å². The van der Waals surface area contributed by atoms with E-state index >= 15 is 0 Å². The van der Waals surface area contributed by atoms with Gasteiger partial charge in [-0.05, 0) is 0 Å². The summed E-state index contributed by atoms with van der Waals surface area (Å²) in [5.74, 6) is 0. The van der Waals surface area contributed by atoms with Gasteiger partial charge in [0.15, 0.2) is 11.1 Å². The van der Waals surface area contributed by atoms with Gasteiger partial charge in [-0.1, -0.05) is 0 Å². The van der Waals surface area contributed by atoms with Gasteiger partial charge in [-0.25, -0.2) is 0 Å². The second kappa shape index (κ2) is 6.81. The van der Waals surface area contributed by atoms with E-state index in [2.05, 4.69) is 0 Å². The summed E-state index contributed by atoms with van der Waals surface area (Å²) in [6.07, 6.45) is 0. The molecule has 46 valence electrons. The SMILES string of the molecule is N#CC(C#N)=C(C#N)C#N.[NaH]. The predicted octanol–water partition coefficient (Wildman–Crippen LogP) is -0.271. The first-order valence-electron chi connectivity index (χ1n) is 2.14. The monoisotopic (exact) mass is 152 g/mol. The summed E-state index contributed by atoms with van der Waals surface area (Å²) in [6.45, 7) is 0. The summed E-state index contributed by atoms with van der Waals surface area (Å²) in [6, 6.07) is 5.71. The molecular weight excluding hydrogens is 151 g/mol. The van der Waals surface area contributed by atoms with E-state index in [9.17, 15) is 0 Å². The van der Waals surface area contributed by atoms with Crippen molar-refractivity contribution in [2.75, 3.05) is 0 Å². The molecule has 0 N–H and O–H groups in total. The minimum absolute atomic E-state index is 0. The molecule has 5 heteroatoms. The molecule has 0 saturated heterocycles. The Bertz CT molecular complexity index is 262. The first-order chi connectivity index (χ1) is 4.79. The molecule has 4 nitrogen and oxygen atoms in total. The van der Waals surface area contributed by atoms with Crippen LogP contribution in [0.2, 0.25) is 0 Å². The third kappa shape index (κ3) is 3.41. The zero-order valence-corrected chi connectivity index (χ0v) is 4.79. The van der Waals surface area contributed by atoms with Crippen molar-refractivity contribution in [1.82, 2.24) is 0 Å². The van der Waals surface area contributed by atoms with E-state index in [0.29, 0.717) is 0 Å². The molecule has 0 unspecified atom stereocenters. The Hall–Kier alpha value is -1.30. The molecular formula is C6HN4Na. The number of rotatable bonds is 0. The van der Waals surface area contributed by atoms with Crippen LogP contribution in [0, 0.1) is 45.3 Å². The van der Waals surface area contributed by atoms with E-state index in [-0.39, 0.29) is 29.6 Å². The molecule has 0 bridgehead atoms. The fraction of sp³-hybridized carbons (Fsp3) is 0. The zero-order chi connectivity index (χ0) is 7.98. The number of allylic oxidation sites excluding steroid dienone is 2. The molecule has 0 aromatic rings. The molecule has 0 aromatic heterocycles. The third-order valence-electron chi connectivity index (χ3n) is 0.697. The van der Waals surface area contributed by atoms with Crippen molar-refractivity contribution < 1.29 is 0 Å². The number of hydrogen-bond donors (Lipinski definition) is 0. The fourth-order valence-corrected chi connectivity index (χ4v) is 0.274. The van der Waals surface area contributed by atoms with E-state index in [1.807, 2.05) is 0 Å². The van der Waals surface area contributed by atoms with E-state index in [1.165, 1.54) is 24.3 Å². The van der Waals surface area contributed by atoms with Gasteiger partial charge in [0.1, 0.15) is 24.3 Å². The molecule has 0 aliphatic rings. The molecule has 0 saturated carbocycles. The van der Waals surface area contributed by atoms with Gasteiger partial charge in [-0.15, -0.1) is 0 Å². The average Bonchev–Trinajstić information content (AvgIpc) is 2.00. The van der Waals surface area contributed by atoms with Crippen molar-refractivity contribution >= 4 is 29.6 Å². The first-order valence-corrected chi connectivity index (χ1v) is 2.14. The first kappa shape index (κ1) is 12.4. The van der Waals surface area contributed by atoms with Crippen LogP contribution in [0.4, 0.5) is 0 Å². The molecule has 0 atom stereocenters. The normalized spacial score (nSPS) is 5.09. The van der Waals surface area contributed by atoms with Crippen LogP contribution in [-0.2, 0) is 0 Å². The van der Waals surface area contributed by atoms with Gasteiger partial charge in [-0.3, -0.25) is 0 Å². The Balaban J connectivity index is 0. The van der Waals surface area contributed by atoms with Crippen LogP contribution in [-0.4, -0.2) is 29.6 Å². The summed E-state index contributed by atoms with van der Waals surface area (Å²) in [5, 5.41) is 32.5. The topological polar surface area (TPSA) is 95.2 Å². The van der Waals surface area contributed by atoms with E-state index in [1.54, 1.807) is 0 Å². The van der Waals surface area contributed by atoms with Crippen LogP contribution >= 0.6 is 0 Å². The summed E-state index contributed by atoms with van der Waals surface area (Å²) in [7, 11) is 0. The van der Waals surface area contributed by atoms with Gasteiger partial charge in [0.2, 0.25) is 0 Å². The van der Waals surface area contributed by atoms with Crippen molar-refractivity contribution in [3.8, 4) is 24.3 Å². The van der Waals surface area contributed by atoms with Crippen molar-refractivity contribution in [2.24, 2.45) is 0 Å². The van der Waals surface area contributed by atoms with Crippen LogP contribution in [0.3, 0.4) is 0 Å². The summed E-state index contributed by atoms with van der Waals surface area (Å²) >= 11 is 0. The zero-order valence-electron chi connectivity index (χ0n) is 4.79. The van der Waals surface area contributed by atoms with E-state index < -0.39 is 11.1 Å². The quantitative estimate of drug-likeness (QED) is 0.352. The van der Waals surface area contributed by atoms with Crippen LogP contribution in [0.25, 0.3) is 0 Å². The Morgan fingerprint density at radius 1 is 0.636 bits per heavy atom. The van der Waals surface area contributed by atoms with E-state index in [0.717, 1.165) is 0 Å². The molecule has 0 aliphatic heterocycles. The molecule has 0 heterocycles. The molecule has 0 spiro atoms. The second-order valence-electron chi connectivity index (χ2n) is 1.20. The standard InChI is InChI=1S/C6N4.Na.H/c7-1-5(2-8)6(3-9)4-10;;. The van der Waals surface area contributed by atoms with Crippen LogP contribution in [0.5, 0.6) is 0 Å². The Morgan fingerprint density at radius 2 is 0.818 bits per heavy atom. The van der Waals surface area contributed by atoms with Crippen molar-refractivity contribution in [3.63, 3.8) is 0 Å². The van der Waals surface area contributed by atoms with Crippen molar-refractivity contribution in [1.29, 1.82) is 21.0 Å². The maximum absolute atomic E-state index is 8.13. The summed E-state index contributed by atoms with van der Waals surface area (Å²) in [4.78, 5) is 0. The molecule has 0 aliphatic carbocycles. The van der Waals surface area contributed by atoms with Crippen LogP contribution in [0.1, 0.15) is 0 Å². The summed E-state index contributed by atoms with van der Waals surface area (Å²) < 4.78 is 0. The maximum atomic E-state index is 8.13. The summed E-state index contributed by atoms with van der Waals surface area (Å²) in [5.41, 5.74) is -0.880. The second-order valence-corrected chi connectivity index (χ2v) is 1.20. The molecule has 0 rings (SSSR count). The molecule has 11 heavy (non-hydrogen) atoms. The van der Waals surface area contributed by atoms with Crippen LogP contribution < -0.4 is 0 Å². The minimum atomic E-state index is -0.440. The molecule has 0 radical (unpaired) electrons. The predicted molar refractivity (Wildman–Crippen MR) is 36.6 cm³/mol. The van der Waals surface area contributed by atoms with Crippen LogP contribution in [0.15, 0.2) is 11.1 Å². The Kier molecular flexibility index (Phi) is 7.67. The third-order valence-corrected chi connectivity index (χ3v) is 0.697. The van der Waals surface area contributed by atoms with Gasteiger partial charge >= 0.3 is 29.6 Å².